The Morgan fingerprint density at radius 3 is 2.48 bits per heavy atom. The van der Waals surface area contributed by atoms with Gasteiger partial charge in [0.25, 0.3) is 0 Å². The van der Waals surface area contributed by atoms with E-state index >= 15 is 0 Å². The summed E-state index contributed by atoms with van der Waals surface area (Å²) in [4.78, 5) is 28.2. The van der Waals surface area contributed by atoms with Crippen molar-refractivity contribution in [1.29, 1.82) is 0 Å². The van der Waals surface area contributed by atoms with Gasteiger partial charge in [0.1, 0.15) is 11.2 Å². The van der Waals surface area contributed by atoms with Gasteiger partial charge >= 0.3 is 12.1 Å². The van der Waals surface area contributed by atoms with Gasteiger partial charge in [0.05, 0.1) is 5.56 Å². The number of hydrogen-bond acceptors (Lipinski definition) is 5. The van der Waals surface area contributed by atoms with E-state index in [0.29, 0.717) is 25.2 Å². The lowest BCUT2D eigenvalue weighted by Crippen LogP contribution is -2.52. The molecule has 0 spiro atoms. The van der Waals surface area contributed by atoms with Crippen LogP contribution in [0.4, 0.5) is 4.79 Å². The maximum absolute atomic E-state index is 12.2. The molecule has 25 heavy (non-hydrogen) atoms. The number of carbonyl (C=O) groups excluding carboxylic acids is 2. The summed E-state index contributed by atoms with van der Waals surface area (Å²) in [6, 6.07) is 7.55. The number of amides is 1. The molecule has 0 saturated carbocycles. The molecule has 1 amide bonds. The molecule has 3 rings (SSSR count). The van der Waals surface area contributed by atoms with Crippen molar-refractivity contribution in [1.82, 2.24) is 9.80 Å². The van der Waals surface area contributed by atoms with Crippen LogP contribution < -0.4 is 0 Å². The molecule has 0 N–H and O–H groups in total. The Morgan fingerprint density at radius 2 is 1.84 bits per heavy atom. The van der Waals surface area contributed by atoms with Crippen molar-refractivity contribution in [2.75, 3.05) is 32.7 Å². The van der Waals surface area contributed by atoms with Crippen molar-refractivity contribution >= 4 is 12.1 Å². The minimum absolute atomic E-state index is 0.259. The van der Waals surface area contributed by atoms with E-state index in [2.05, 4.69) is 4.90 Å². The van der Waals surface area contributed by atoms with Crippen LogP contribution in [0, 0.1) is 0 Å². The van der Waals surface area contributed by atoms with Crippen molar-refractivity contribution in [2.24, 2.45) is 0 Å². The zero-order valence-corrected chi connectivity index (χ0v) is 15.4. The number of hydrogen-bond donors (Lipinski definition) is 0. The molecular formula is C19H26N2O4. The van der Waals surface area contributed by atoms with Crippen molar-refractivity contribution in [3.05, 3.63) is 35.4 Å². The Labute approximate surface area is 148 Å². The maximum atomic E-state index is 12.2. The highest BCUT2D eigenvalue weighted by molar-refractivity contribution is 5.94. The average Bonchev–Trinajstić information content (AvgIpc) is 2.78. The van der Waals surface area contributed by atoms with E-state index in [0.717, 1.165) is 18.7 Å². The normalized spacial score (nSPS) is 24.0. The fourth-order valence-corrected chi connectivity index (χ4v) is 3.40. The standard InChI is InChI=1S/C19H26N2O4/c1-18(2,3)25-17(23)21-11-9-20(10-12-21)13-19(4)15-8-6-5-7-14(15)16(22)24-19/h5-8H,9-13H2,1-4H3. The molecule has 1 aromatic carbocycles. The Hall–Kier alpha value is -2.08. The minimum atomic E-state index is -0.637. The van der Waals surface area contributed by atoms with E-state index in [1.165, 1.54) is 0 Å². The highest BCUT2D eigenvalue weighted by atomic mass is 16.6. The molecule has 1 unspecified atom stereocenters. The molecule has 0 radical (unpaired) electrons. The lowest BCUT2D eigenvalue weighted by molar-refractivity contribution is -0.0263. The number of rotatable bonds is 2. The summed E-state index contributed by atoms with van der Waals surface area (Å²) >= 11 is 0. The van der Waals surface area contributed by atoms with Crippen LogP contribution in [-0.2, 0) is 15.1 Å². The number of ether oxygens (including phenoxy) is 2. The van der Waals surface area contributed by atoms with Gasteiger partial charge in [-0.2, -0.15) is 0 Å². The van der Waals surface area contributed by atoms with Gasteiger partial charge in [-0.25, -0.2) is 9.59 Å². The summed E-state index contributed by atoms with van der Waals surface area (Å²) in [5.41, 5.74) is 0.470. The predicted octanol–water partition coefficient (Wildman–Crippen LogP) is 2.62. The maximum Gasteiger partial charge on any atom is 0.410 e. The van der Waals surface area contributed by atoms with E-state index in [1.807, 2.05) is 52.0 Å². The Morgan fingerprint density at radius 1 is 1.20 bits per heavy atom. The van der Waals surface area contributed by atoms with Crippen molar-refractivity contribution in [3.8, 4) is 0 Å². The molecular weight excluding hydrogens is 320 g/mol. The highest BCUT2D eigenvalue weighted by Crippen LogP contribution is 2.36. The first kappa shape index (κ1) is 17.7. The summed E-state index contributed by atoms with van der Waals surface area (Å²) < 4.78 is 11.1. The predicted molar refractivity (Wildman–Crippen MR) is 93.5 cm³/mol. The highest BCUT2D eigenvalue weighted by Gasteiger charge is 2.43. The fourth-order valence-electron chi connectivity index (χ4n) is 3.40. The summed E-state index contributed by atoms with van der Waals surface area (Å²) in [6.07, 6.45) is -0.268. The van der Waals surface area contributed by atoms with E-state index in [9.17, 15) is 9.59 Å². The van der Waals surface area contributed by atoms with Crippen molar-refractivity contribution in [3.63, 3.8) is 0 Å². The Balaban J connectivity index is 1.60. The molecule has 2 aliphatic heterocycles. The summed E-state index contributed by atoms with van der Waals surface area (Å²) in [5.74, 6) is -0.259. The molecule has 1 saturated heterocycles. The topological polar surface area (TPSA) is 59.1 Å². The van der Waals surface area contributed by atoms with Crippen LogP contribution in [0.3, 0.4) is 0 Å². The van der Waals surface area contributed by atoms with E-state index < -0.39 is 11.2 Å². The largest absolute Gasteiger partial charge is 0.449 e. The molecule has 6 heteroatoms. The third-order valence-corrected chi connectivity index (χ3v) is 4.58. The number of cyclic esters (lactones) is 1. The number of esters is 1. The summed E-state index contributed by atoms with van der Waals surface area (Å²) in [5, 5.41) is 0. The van der Waals surface area contributed by atoms with Gasteiger partial charge in [0.2, 0.25) is 0 Å². The van der Waals surface area contributed by atoms with Gasteiger partial charge in [-0.1, -0.05) is 18.2 Å². The minimum Gasteiger partial charge on any atom is -0.449 e. The average molecular weight is 346 g/mol. The molecule has 0 aromatic heterocycles. The van der Waals surface area contributed by atoms with Gasteiger partial charge in [0, 0.05) is 38.3 Å². The fraction of sp³-hybridized carbons (Fsp3) is 0.579. The van der Waals surface area contributed by atoms with E-state index in [-0.39, 0.29) is 12.1 Å². The number of benzene rings is 1. The summed E-state index contributed by atoms with van der Waals surface area (Å²) in [6.45, 7) is 10.9. The zero-order valence-electron chi connectivity index (χ0n) is 15.4. The van der Waals surface area contributed by atoms with Crippen LogP contribution >= 0.6 is 0 Å². The van der Waals surface area contributed by atoms with Gasteiger partial charge in [0.15, 0.2) is 0 Å². The van der Waals surface area contributed by atoms with Crippen LogP contribution in [0.5, 0.6) is 0 Å². The number of carbonyl (C=O) groups is 2. The molecule has 6 nitrogen and oxygen atoms in total. The monoisotopic (exact) mass is 346 g/mol. The van der Waals surface area contributed by atoms with Crippen LogP contribution in [0.15, 0.2) is 24.3 Å². The van der Waals surface area contributed by atoms with Gasteiger partial charge in [-0.3, -0.25) is 4.90 Å². The van der Waals surface area contributed by atoms with Crippen LogP contribution in [0.2, 0.25) is 0 Å². The summed E-state index contributed by atoms with van der Waals surface area (Å²) in [7, 11) is 0. The second kappa shape index (κ2) is 6.33. The molecule has 1 atom stereocenters. The van der Waals surface area contributed by atoms with Crippen LogP contribution in [-0.4, -0.2) is 60.2 Å². The van der Waals surface area contributed by atoms with E-state index in [1.54, 1.807) is 4.90 Å². The lowest BCUT2D eigenvalue weighted by Gasteiger charge is -2.38. The second-order valence-electron chi connectivity index (χ2n) is 7.91. The molecule has 0 bridgehead atoms. The van der Waals surface area contributed by atoms with Gasteiger partial charge < -0.3 is 14.4 Å². The third-order valence-electron chi connectivity index (χ3n) is 4.58. The first-order valence-corrected chi connectivity index (χ1v) is 8.71. The van der Waals surface area contributed by atoms with Gasteiger partial charge in [-0.15, -0.1) is 0 Å². The lowest BCUT2D eigenvalue weighted by atomic mass is 9.93. The van der Waals surface area contributed by atoms with Crippen LogP contribution in [0.1, 0.15) is 43.6 Å². The van der Waals surface area contributed by atoms with Crippen LogP contribution in [0.25, 0.3) is 0 Å². The van der Waals surface area contributed by atoms with Gasteiger partial charge in [-0.05, 0) is 33.8 Å². The van der Waals surface area contributed by atoms with Crippen molar-refractivity contribution < 1.29 is 19.1 Å². The zero-order chi connectivity index (χ0) is 18.2. The van der Waals surface area contributed by atoms with Crippen molar-refractivity contribution in [2.45, 2.75) is 38.9 Å². The molecule has 2 aliphatic rings. The quantitative estimate of drug-likeness (QED) is 0.771. The van der Waals surface area contributed by atoms with E-state index in [4.69, 9.17) is 9.47 Å². The molecule has 2 heterocycles. The number of nitrogens with zero attached hydrogens (tertiary/aromatic N) is 2. The molecule has 136 valence electrons. The first-order chi connectivity index (χ1) is 11.7. The Bertz CT molecular complexity index is 674. The molecule has 1 aromatic rings. The third kappa shape index (κ3) is 3.79. The SMILES string of the molecule is CC(C)(C)OC(=O)N1CCN(CC2(C)OC(=O)c3ccccc32)CC1. The number of fused-ring (bicyclic) bond motifs is 1. The smallest absolute Gasteiger partial charge is 0.410 e. The molecule has 0 aliphatic carbocycles. The second-order valence-corrected chi connectivity index (χ2v) is 7.91. The number of piperazine rings is 1. The molecule has 1 fully saturated rings. The first-order valence-electron chi connectivity index (χ1n) is 8.71. The Kier molecular flexibility index (Phi) is 4.49.